The van der Waals surface area contributed by atoms with Gasteiger partial charge in [0.25, 0.3) is 0 Å². The molecule has 0 amide bonds. The van der Waals surface area contributed by atoms with E-state index in [0.717, 1.165) is 17.7 Å². The van der Waals surface area contributed by atoms with Crippen LogP contribution in [0.1, 0.15) is 26.7 Å². The molecule has 1 aliphatic carbocycles. The van der Waals surface area contributed by atoms with Gasteiger partial charge in [-0.15, -0.1) is 0 Å². The molecular formula is C10H16FN. The zero-order chi connectivity index (χ0) is 9.14. The molecule has 0 fully saturated rings. The molecule has 0 aromatic carbocycles. The van der Waals surface area contributed by atoms with Gasteiger partial charge in [-0.3, -0.25) is 0 Å². The van der Waals surface area contributed by atoms with Gasteiger partial charge >= 0.3 is 0 Å². The van der Waals surface area contributed by atoms with E-state index in [1.807, 2.05) is 14.0 Å². The standard InChI is InChI=1S/C10H16FN/c1-7-4-9(11)6-8(2)10(5-7)12-3/h6-7,12H,4-5H2,1-3H3/t7-/m0/s1. The predicted octanol–water partition coefficient (Wildman–Crippen LogP) is 2.76. The molecule has 0 aromatic heterocycles. The zero-order valence-electron chi connectivity index (χ0n) is 7.95. The zero-order valence-corrected chi connectivity index (χ0v) is 7.95. The van der Waals surface area contributed by atoms with Crippen LogP contribution in [0.3, 0.4) is 0 Å². The van der Waals surface area contributed by atoms with Gasteiger partial charge in [0, 0.05) is 19.2 Å². The first-order valence-electron chi connectivity index (χ1n) is 4.37. The second kappa shape index (κ2) is 3.74. The Balaban J connectivity index is 2.89. The van der Waals surface area contributed by atoms with Crippen molar-refractivity contribution < 1.29 is 4.39 Å². The van der Waals surface area contributed by atoms with Gasteiger partial charge in [-0.25, -0.2) is 4.39 Å². The maximum atomic E-state index is 13.1. The lowest BCUT2D eigenvalue weighted by Gasteiger charge is -2.11. The summed E-state index contributed by atoms with van der Waals surface area (Å²) in [5.74, 6) is 0.409. The second-order valence-corrected chi connectivity index (χ2v) is 3.52. The van der Waals surface area contributed by atoms with Crippen molar-refractivity contribution in [1.82, 2.24) is 5.32 Å². The first kappa shape index (κ1) is 9.30. The van der Waals surface area contributed by atoms with E-state index >= 15 is 0 Å². The van der Waals surface area contributed by atoms with Crippen LogP contribution in [0.4, 0.5) is 4.39 Å². The predicted molar refractivity (Wildman–Crippen MR) is 49.3 cm³/mol. The van der Waals surface area contributed by atoms with E-state index in [1.54, 1.807) is 6.08 Å². The molecule has 1 atom stereocenters. The molecule has 0 radical (unpaired) electrons. The molecule has 0 aliphatic heterocycles. The van der Waals surface area contributed by atoms with Crippen molar-refractivity contribution in [2.45, 2.75) is 26.7 Å². The van der Waals surface area contributed by atoms with Crippen molar-refractivity contribution >= 4 is 0 Å². The SMILES string of the molecule is CNC1=C(C)C=C(F)C[C@H](C)C1. The third-order valence-electron chi connectivity index (χ3n) is 2.25. The van der Waals surface area contributed by atoms with Crippen molar-refractivity contribution in [2.75, 3.05) is 7.05 Å². The normalized spacial score (nSPS) is 25.0. The Hall–Kier alpha value is -0.790. The van der Waals surface area contributed by atoms with E-state index in [1.165, 1.54) is 0 Å². The number of hydrogen-bond donors (Lipinski definition) is 1. The summed E-state index contributed by atoms with van der Waals surface area (Å²) in [6, 6.07) is 0. The van der Waals surface area contributed by atoms with Crippen LogP contribution in [0.15, 0.2) is 23.2 Å². The first-order valence-corrected chi connectivity index (χ1v) is 4.37. The Kier molecular flexibility index (Phi) is 2.90. The number of hydrogen-bond acceptors (Lipinski definition) is 1. The Morgan fingerprint density at radius 3 is 2.75 bits per heavy atom. The summed E-state index contributed by atoms with van der Waals surface area (Å²) in [5.41, 5.74) is 2.19. The molecule has 0 aromatic rings. The molecule has 1 nitrogen and oxygen atoms in total. The average molecular weight is 169 g/mol. The van der Waals surface area contributed by atoms with Crippen LogP contribution in [0.2, 0.25) is 0 Å². The lowest BCUT2D eigenvalue weighted by Crippen LogP contribution is -2.10. The number of halogens is 1. The van der Waals surface area contributed by atoms with Gasteiger partial charge < -0.3 is 5.32 Å². The fraction of sp³-hybridized carbons (Fsp3) is 0.600. The quantitative estimate of drug-likeness (QED) is 0.636. The van der Waals surface area contributed by atoms with Gasteiger partial charge in [0.05, 0.1) is 0 Å². The minimum atomic E-state index is 0.00486. The number of rotatable bonds is 1. The summed E-state index contributed by atoms with van der Waals surface area (Å²) in [6.45, 7) is 4.02. The highest BCUT2D eigenvalue weighted by molar-refractivity contribution is 5.26. The third-order valence-corrected chi connectivity index (χ3v) is 2.25. The molecule has 12 heavy (non-hydrogen) atoms. The molecular weight excluding hydrogens is 153 g/mol. The topological polar surface area (TPSA) is 12.0 Å². The van der Waals surface area contributed by atoms with Crippen LogP contribution in [0.5, 0.6) is 0 Å². The highest BCUT2D eigenvalue weighted by atomic mass is 19.1. The Morgan fingerprint density at radius 1 is 1.50 bits per heavy atom. The Labute approximate surface area is 73.4 Å². The fourth-order valence-corrected chi connectivity index (χ4v) is 1.59. The van der Waals surface area contributed by atoms with Crippen molar-refractivity contribution in [3.05, 3.63) is 23.2 Å². The maximum absolute atomic E-state index is 13.1. The minimum Gasteiger partial charge on any atom is -0.391 e. The maximum Gasteiger partial charge on any atom is 0.101 e. The summed E-state index contributed by atoms with van der Waals surface area (Å²) < 4.78 is 13.1. The highest BCUT2D eigenvalue weighted by Crippen LogP contribution is 2.26. The van der Waals surface area contributed by atoms with Crippen LogP contribution in [-0.2, 0) is 0 Å². The van der Waals surface area contributed by atoms with E-state index < -0.39 is 0 Å². The summed E-state index contributed by atoms with van der Waals surface area (Å²) in [6.07, 6.45) is 3.16. The Morgan fingerprint density at radius 2 is 2.17 bits per heavy atom. The van der Waals surface area contributed by atoms with Gasteiger partial charge in [-0.1, -0.05) is 6.92 Å². The number of nitrogens with one attached hydrogen (secondary N) is 1. The van der Waals surface area contributed by atoms with Gasteiger partial charge in [0.15, 0.2) is 0 Å². The second-order valence-electron chi connectivity index (χ2n) is 3.52. The molecule has 0 spiro atoms. The third kappa shape index (κ3) is 2.10. The smallest absolute Gasteiger partial charge is 0.101 e. The van der Waals surface area contributed by atoms with Gasteiger partial charge in [-0.2, -0.15) is 0 Å². The summed E-state index contributed by atoms with van der Waals surface area (Å²) in [5, 5.41) is 3.11. The molecule has 2 heteroatoms. The van der Waals surface area contributed by atoms with Crippen LogP contribution in [0, 0.1) is 5.92 Å². The molecule has 1 rings (SSSR count). The molecule has 68 valence electrons. The van der Waals surface area contributed by atoms with Crippen LogP contribution in [-0.4, -0.2) is 7.05 Å². The lowest BCUT2D eigenvalue weighted by molar-refractivity contribution is 0.485. The van der Waals surface area contributed by atoms with Crippen molar-refractivity contribution in [2.24, 2.45) is 5.92 Å². The summed E-state index contributed by atoms with van der Waals surface area (Å²) in [7, 11) is 1.89. The molecule has 1 N–H and O–H groups in total. The monoisotopic (exact) mass is 169 g/mol. The van der Waals surface area contributed by atoms with Crippen LogP contribution < -0.4 is 5.32 Å². The molecule has 0 unspecified atom stereocenters. The van der Waals surface area contributed by atoms with Crippen molar-refractivity contribution in [1.29, 1.82) is 0 Å². The van der Waals surface area contributed by atoms with E-state index in [0.29, 0.717) is 12.3 Å². The molecule has 0 heterocycles. The van der Waals surface area contributed by atoms with E-state index in [4.69, 9.17) is 0 Å². The van der Waals surface area contributed by atoms with E-state index in [2.05, 4.69) is 12.2 Å². The van der Waals surface area contributed by atoms with Crippen molar-refractivity contribution in [3.63, 3.8) is 0 Å². The molecule has 0 saturated heterocycles. The van der Waals surface area contributed by atoms with Crippen molar-refractivity contribution in [3.8, 4) is 0 Å². The van der Waals surface area contributed by atoms with E-state index in [9.17, 15) is 4.39 Å². The van der Waals surface area contributed by atoms with Gasteiger partial charge in [0.1, 0.15) is 5.83 Å². The number of allylic oxidation sites excluding steroid dienone is 4. The Bertz CT molecular complexity index is 228. The first-order chi connectivity index (χ1) is 5.63. The molecule has 1 aliphatic rings. The minimum absolute atomic E-state index is 0.00486. The largest absolute Gasteiger partial charge is 0.391 e. The van der Waals surface area contributed by atoms with Crippen LogP contribution in [0.25, 0.3) is 0 Å². The van der Waals surface area contributed by atoms with Crippen LogP contribution >= 0.6 is 0 Å². The molecule has 0 saturated carbocycles. The lowest BCUT2D eigenvalue weighted by atomic mass is 10.0. The van der Waals surface area contributed by atoms with Gasteiger partial charge in [-0.05, 0) is 30.9 Å². The summed E-state index contributed by atoms with van der Waals surface area (Å²) >= 11 is 0. The fourth-order valence-electron chi connectivity index (χ4n) is 1.59. The summed E-state index contributed by atoms with van der Waals surface area (Å²) in [4.78, 5) is 0. The van der Waals surface area contributed by atoms with Gasteiger partial charge in [0.2, 0.25) is 0 Å². The highest BCUT2D eigenvalue weighted by Gasteiger charge is 2.13. The average Bonchev–Trinajstić information content (AvgIpc) is 2.09. The molecule has 0 bridgehead atoms. The van der Waals surface area contributed by atoms with E-state index in [-0.39, 0.29) is 5.83 Å².